The van der Waals surface area contributed by atoms with Crippen LogP contribution in [0.3, 0.4) is 0 Å². The van der Waals surface area contributed by atoms with Gasteiger partial charge in [-0.05, 0) is 0 Å². The summed E-state index contributed by atoms with van der Waals surface area (Å²) in [6.07, 6.45) is 1.95. The Labute approximate surface area is 219 Å². The van der Waals surface area contributed by atoms with Crippen molar-refractivity contribution in [2.75, 3.05) is 19.6 Å². The van der Waals surface area contributed by atoms with Gasteiger partial charge in [-0.1, -0.05) is 0 Å². The molecule has 36 heavy (non-hydrogen) atoms. The van der Waals surface area contributed by atoms with Crippen molar-refractivity contribution in [2.24, 2.45) is 10.4 Å². The number of aryl methyl sites for hydroxylation is 3. The Morgan fingerprint density at radius 2 is 1.86 bits per heavy atom. The summed E-state index contributed by atoms with van der Waals surface area (Å²) in [5.74, 6) is 2.16. The average molecular weight is 545 g/mol. The van der Waals surface area contributed by atoms with Crippen molar-refractivity contribution in [1.82, 2.24) is 9.17 Å². The molecular formula is C29H34GeN3O3. The molecule has 5 rings (SSSR count). The van der Waals surface area contributed by atoms with Crippen LogP contribution in [-0.4, -0.2) is 50.1 Å². The van der Waals surface area contributed by atoms with Gasteiger partial charge in [0.25, 0.3) is 0 Å². The number of benzene rings is 3. The van der Waals surface area contributed by atoms with Gasteiger partial charge in [-0.25, -0.2) is 0 Å². The number of hydrogen-bond acceptors (Lipinski definition) is 6. The second-order valence-corrected chi connectivity index (χ2v) is 13.7. The summed E-state index contributed by atoms with van der Waals surface area (Å²) in [7, 11) is 0. The molecule has 6 nitrogen and oxygen atoms in total. The van der Waals surface area contributed by atoms with Crippen LogP contribution < -0.4 is 12.8 Å². The number of para-hydroxylation sites is 1. The molecule has 2 heterocycles. The Morgan fingerprint density at radius 3 is 2.72 bits per heavy atom. The van der Waals surface area contributed by atoms with Crippen LogP contribution >= 0.6 is 0 Å². The van der Waals surface area contributed by atoms with E-state index in [0.29, 0.717) is 18.8 Å². The first kappa shape index (κ1) is 24.9. The zero-order chi connectivity index (χ0) is 25.3. The predicted octanol–water partition coefficient (Wildman–Crippen LogP) is 4.80. The van der Waals surface area contributed by atoms with Crippen LogP contribution in [-0.2, 0) is 13.1 Å². The van der Waals surface area contributed by atoms with Crippen molar-refractivity contribution in [3.8, 4) is 17.2 Å². The van der Waals surface area contributed by atoms with Crippen molar-refractivity contribution in [1.29, 1.82) is 0 Å². The van der Waals surface area contributed by atoms with Crippen LogP contribution in [0.25, 0.3) is 0 Å². The van der Waals surface area contributed by atoms with Crippen molar-refractivity contribution in [3.05, 3.63) is 88.0 Å². The van der Waals surface area contributed by atoms with Crippen LogP contribution in [0.4, 0.5) is 0 Å². The molecule has 2 N–H and O–H groups in total. The summed E-state index contributed by atoms with van der Waals surface area (Å²) in [5.41, 5.74) is 6.43. The van der Waals surface area contributed by atoms with Gasteiger partial charge in [0.05, 0.1) is 0 Å². The topological polar surface area (TPSA) is 66.3 Å². The van der Waals surface area contributed by atoms with Gasteiger partial charge in [-0.3, -0.25) is 0 Å². The van der Waals surface area contributed by atoms with E-state index < -0.39 is 15.2 Å². The molecule has 1 radical (unpaired) electrons. The fourth-order valence-electron chi connectivity index (χ4n) is 4.91. The SMILES string of the molecule is Cc1ccc(O)c(CNCC2(C)CN=Cc3cccc(C)c3[O][Ge]3[O]c4ccc(C)cc4C[N]3C2)c1. The van der Waals surface area contributed by atoms with Crippen molar-refractivity contribution < 1.29 is 12.6 Å². The third-order valence-electron chi connectivity index (χ3n) is 6.84. The molecule has 3 aromatic carbocycles. The summed E-state index contributed by atoms with van der Waals surface area (Å²) in [6, 6.07) is 18.3. The second kappa shape index (κ2) is 10.3. The number of aliphatic imine (C=N–C) groups is 1. The number of aromatic hydroxyl groups is 1. The molecule has 3 aromatic rings. The number of rotatable bonds is 4. The van der Waals surface area contributed by atoms with E-state index in [2.05, 4.69) is 60.3 Å². The van der Waals surface area contributed by atoms with Gasteiger partial charge in [-0.15, -0.1) is 0 Å². The molecule has 1 atom stereocenters. The minimum atomic E-state index is -2.61. The zero-order valence-corrected chi connectivity index (χ0v) is 23.6. The Bertz CT molecular complexity index is 1290. The van der Waals surface area contributed by atoms with E-state index in [0.717, 1.165) is 53.4 Å². The number of nitrogens with zero attached hydrogens (tertiary/aromatic N) is 2. The first-order chi connectivity index (χ1) is 17.3. The molecule has 0 aliphatic carbocycles. The maximum absolute atomic E-state index is 10.3. The quantitative estimate of drug-likeness (QED) is 0.462. The van der Waals surface area contributed by atoms with E-state index in [4.69, 9.17) is 12.5 Å². The number of nitrogens with one attached hydrogen (secondary N) is 1. The van der Waals surface area contributed by atoms with E-state index >= 15 is 0 Å². The Kier molecular flexibility index (Phi) is 7.10. The molecule has 0 bridgehead atoms. The fraction of sp³-hybridized carbons (Fsp3) is 0.345. The van der Waals surface area contributed by atoms with Gasteiger partial charge in [0.1, 0.15) is 0 Å². The standard InChI is InChI=1S/C29H34GeN3O3/c1-20-8-10-26(34)24(12-20)15-32-18-29(4)17-31-14-23-7-5-6-22(3)28(23)36-30-33(19-29)16-25-13-21(2)9-11-27(25)35-30/h5-14,32,34H,15-19H2,1-4H3. The number of phenolic OH excluding ortho intramolecular Hbond substituents is 1. The van der Waals surface area contributed by atoms with Crippen LogP contribution in [0.15, 0.2) is 59.6 Å². The molecule has 0 spiro atoms. The monoisotopic (exact) mass is 546 g/mol. The molecule has 7 heteroatoms. The normalized spacial score (nSPS) is 20.0. The third-order valence-corrected chi connectivity index (χ3v) is 10.2. The Hall–Kier alpha value is -2.81. The summed E-state index contributed by atoms with van der Waals surface area (Å²) >= 11 is -2.61. The van der Waals surface area contributed by atoms with E-state index in [1.165, 1.54) is 11.1 Å². The van der Waals surface area contributed by atoms with Crippen molar-refractivity contribution >= 4 is 21.5 Å². The van der Waals surface area contributed by atoms with Gasteiger partial charge in [0.15, 0.2) is 0 Å². The van der Waals surface area contributed by atoms with Gasteiger partial charge < -0.3 is 0 Å². The summed E-state index contributed by atoms with van der Waals surface area (Å²) in [5, 5.41) is 13.9. The van der Waals surface area contributed by atoms with Gasteiger partial charge in [0, 0.05) is 0 Å². The Balaban J connectivity index is 1.44. The van der Waals surface area contributed by atoms with E-state index in [1.54, 1.807) is 6.07 Å². The molecular weight excluding hydrogens is 511 g/mol. The minimum absolute atomic E-state index is 0.149. The van der Waals surface area contributed by atoms with Crippen LogP contribution in [0.5, 0.6) is 17.2 Å². The molecule has 1 unspecified atom stereocenters. The van der Waals surface area contributed by atoms with Crippen LogP contribution in [0, 0.1) is 26.2 Å². The summed E-state index contributed by atoms with van der Waals surface area (Å²) in [4.78, 5) is 4.88. The summed E-state index contributed by atoms with van der Waals surface area (Å²) in [6.45, 7) is 12.2. The molecule has 0 saturated heterocycles. The van der Waals surface area contributed by atoms with Crippen molar-refractivity contribution in [2.45, 2.75) is 40.8 Å². The third kappa shape index (κ3) is 5.46. The maximum atomic E-state index is 10.3. The molecule has 0 aromatic heterocycles. The summed E-state index contributed by atoms with van der Waals surface area (Å²) < 4.78 is 15.8. The van der Waals surface area contributed by atoms with Gasteiger partial charge in [0.2, 0.25) is 0 Å². The molecule has 0 fully saturated rings. The van der Waals surface area contributed by atoms with Crippen LogP contribution in [0.1, 0.15) is 40.3 Å². The first-order valence-corrected chi connectivity index (χ1v) is 15.1. The fourth-order valence-corrected chi connectivity index (χ4v) is 9.00. The van der Waals surface area contributed by atoms with E-state index in [9.17, 15) is 5.11 Å². The number of fused-ring (bicyclic) bond motifs is 3. The Morgan fingerprint density at radius 1 is 1.06 bits per heavy atom. The molecule has 2 aliphatic heterocycles. The predicted molar refractivity (Wildman–Crippen MR) is 145 cm³/mol. The molecule has 0 saturated carbocycles. The number of phenols is 1. The number of hydrogen-bond donors (Lipinski definition) is 2. The van der Waals surface area contributed by atoms with E-state index in [-0.39, 0.29) is 5.41 Å². The van der Waals surface area contributed by atoms with Gasteiger partial charge >= 0.3 is 219 Å². The van der Waals surface area contributed by atoms with E-state index in [1.807, 2.05) is 31.3 Å². The van der Waals surface area contributed by atoms with Crippen LogP contribution in [0.2, 0.25) is 0 Å². The van der Waals surface area contributed by atoms with Gasteiger partial charge in [-0.2, -0.15) is 0 Å². The molecule has 0 amide bonds. The molecule has 187 valence electrons. The first-order valence-electron chi connectivity index (χ1n) is 12.5. The average Bonchev–Trinajstić information content (AvgIpc) is 2.83. The zero-order valence-electron chi connectivity index (χ0n) is 21.5. The van der Waals surface area contributed by atoms with Crippen molar-refractivity contribution in [3.63, 3.8) is 0 Å². The molecule has 2 aliphatic rings. The second-order valence-electron chi connectivity index (χ2n) is 10.4.